The van der Waals surface area contributed by atoms with Crippen LogP contribution >= 0.6 is 43.5 Å². The number of para-hydroxylation sites is 1. The van der Waals surface area contributed by atoms with Gasteiger partial charge in [0.05, 0.1) is 9.50 Å². The first-order chi connectivity index (χ1) is 8.20. The lowest BCUT2D eigenvalue weighted by Crippen LogP contribution is -1.87. The van der Waals surface area contributed by atoms with Gasteiger partial charge in [0, 0.05) is 5.33 Å². The molecular formula is C13H9Br2ClO. The van der Waals surface area contributed by atoms with Gasteiger partial charge in [-0.1, -0.05) is 45.7 Å². The third kappa shape index (κ3) is 3.24. The summed E-state index contributed by atoms with van der Waals surface area (Å²) in [5.74, 6) is 1.41. The van der Waals surface area contributed by atoms with Gasteiger partial charge in [0.1, 0.15) is 11.5 Å². The largest absolute Gasteiger partial charge is 0.455 e. The molecule has 0 aromatic heterocycles. The van der Waals surface area contributed by atoms with E-state index in [1.165, 1.54) is 0 Å². The molecule has 0 spiro atoms. The van der Waals surface area contributed by atoms with Crippen molar-refractivity contribution in [3.8, 4) is 11.5 Å². The SMILES string of the molecule is Clc1cc(CBr)ccc1Oc1ccccc1Br. The molecule has 0 saturated carbocycles. The van der Waals surface area contributed by atoms with Gasteiger partial charge in [0.15, 0.2) is 0 Å². The first-order valence-electron chi connectivity index (χ1n) is 4.97. The molecule has 1 nitrogen and oxygen atoms in total. The lowest BCUT2D eigenvalue weighted by Gasteiger charge is -2.09. The molecular weight excluding hydrogens is 367 g/mol. The van der Waals surface area contributed by atoms with Crippen LogP contribution in [0.25, 0.3) is 0 Å². The number of hydrogen-bond donors (Lipinski definition) is 0. The molecule has 0 fully saturated rings. The van der Waals surface area contributed by atoms with Crippen molar-refractivity contribution in [3.63, 3.8) is 0 Å². The predicted octanol–water partition coefficient (Wildman–Crippen LogP) is 5.79. The molecule has 0 N–H and O–H groups in total. The summed E-state index contributed by atoms with van der Waals surface area (Å²) >= 11 is 13.0. The van der Waals surface area contributed by atoms with Crippen LogP contribution in [0, 0.1) is 0 Å². The van der Waals surface area contributed by atoms with Crippen LogP contribution in [0.4, 0.5) is 0 Å². The van der Waals surface area contributed by atoms with Gasteiger partial charge in [0.25, 0.3) is 0 Å². The molecule has 0 aliphatic heterocycles. The normalized spacial score (nSPS) is 10.3. The van der Waals surface area contributed by atoms with Gasteiger partial charge in [-0.2, -0.15) is 0 Å². The minimum Gasteiger partial charge on any atom is -0.455 e. The topological polar surface area (TPSA) is 9.23 Å². The van der Waals surface area contributed by atoms with E-state index in [9.17, 15) is 0 Å². The summed E-state index contributed by atoms with van der Waals surface area (Å²) in [6.45, 7) is 0. The fourth-order valence-corrected chi connectivity index (χ4v) is 2.31. The number of halogens is 3. The van der Waals surface area contributed by atoms with Crippen LogP contribution in [0.15, 0.2) is 46.9 Å². The molecule has 0 aliphatic carbocycles. The van der Waals surface area contributed by atoms with E-state index in [0.29, 0.717) is 10.8 Å². The smallest absolute Gasteiger partial charge is 0.146 e. The quantitative estimate of drug-likeness (QED) is 0.616. The Morgan fingerprint density at radius 3 is 2.47 bits per heavy atom. The Morgan fingerprint density at radius 1 is 1.06 bits per heavy atom. The van der Waals surface area contributed by atoms with Crippen LogP contribution < -0.4 is 4.74 Å². The first-order valence-corrected chi connectivity index (χ1v) is 7.26. The van der Waals surface area contributed by atoms with Crippen LogP contribution in [-0.2, 0) is 5.33 Å². The van der Waals surface area contributed by atoms with Crippen LogP contribution in [-0.4, -0.2) is 0 Å². The molecule has 4 heteroatoms. The second-order valence-corrected chi connectivity index (χ2v) is 5.25. The van der Waals surface area contributed by atoms with Crippen molar-refractivity contribution in [1.29, 1.82) is 0 Å². The molecule has 88 valence electrons. The minimum atomic E-state index is 0.609. The van der Waals surface area contributed by atoms with Crippen LogP contribution in [0.1, 0.15) is 5.56 Å². The van der Waals surface area contributed by atoms with Gasteiger partial charge >= 0.3 is 0 Å². The maximum atomic E-state index is 6.15. The zero-order valence-electron chi connectivity index (χ0n) is 8.79. The van der Waals surface area contributed by atoms with Crippen molar-refractivity contribution < 1.29 is 4.74 Å². The molecule has 0 bridgehead atoms. The Labute approximate surface area is 122 Å². The van der Waals surface area contributed by atoms with E-state index in [1.807, 2.05) is 42.5 Å². The highest BCUT2D eigenvalue weighted by Crippen LogP contribution is 2.34. The van der Waals surface area contributed by atoms with Gasteiger partial charge in [-0.05, 0) is 45.8 Å². The molecule has 17 heavy (non-hydrogen) atoms. The highest BCUT2D eigenvalue weighted by molar-refractivity contribution is 9.10. The molecule has 2 rings (SSSR count). The first kappa shape index (κ1) is 12.9. The molecule has 0 saturated heterocycles. The Bertz CT molecular complexity index is 529. The monoisotopic (exact) mass is 374 g/mol. The minimum absolute atomic E-state index is 0.609. The molecule has 2 aromatic rings. The second kappa shape index (κ2) is 5.89. The maximum absolute atomic E-state index is 6.15. The third-order valence-corrected chi connectivity index (χ3v) is 3.81. The fourth-order valence-electron chi connectivity index (χ4n) is 1.36. The Hall–Kier alpha value is -0.510. The zero-order valence-corrected chi connectivity index (χ0v) is 12.7. The van der Waals surface area contributed by atoms with E-state index in [-0.39, 0.29) is 0 Å². The molecule has 0 radical (unpaired) electrons. The molecule has 2 aromatic carbocycles. The van der Waals surface area contributed by atoms with Gasteiger partial charge < -0.3 is 4.74 Å². The van der Waals surface area contributed by atoms with Crippen molar-refractivity contribution in [2.24, 2.45) is 0 Å². The van der Waals surface area contributed by atoms with Crippen LogP contribution in [0.5, 0.6) is 11.5 Å². The number of alkyl halides is 1. The lowest BCUT2D eigenvalue weighted by molar-refractivity contribution is 0.480. The standard InChI is InChI=1S/C13H9Br2ClO/c14-8-9-5-6-13(11(16)7-9)17-12-4-2-1-3-10(12)15/h1-7H,8H2. The number of rotatable bonds is 3. The number of hydrogen-bond acceptors (Lipinski definition) is 1. The van der Waals surface area contributed by atoms with E-state index in [2.05, 4.69) is 31.9 Å². The Kier molecular flexibility index (Phi) is 4.48. The Morgan fingerprint density at radius 2 is 1.82 bits per heavy atom. The van der Waals surface area contributed by atoms with E-state index >= 15 is 0 Å². The van der Waals surface area contributed by atoms with Gasteiger partial charge in [-0.15, -0.1) is 0 Å². The van der Waals surface area contributed by atoms with Crippen molar-refractivity contribution in [1.82, 2.24) is 0 Å². The van der Waals surface area contributed by atoms with Gasteiger partial charge in [0.2, 0.25) is 0 Å². The number of benzene rings is 2. The van der Waals surface area contributed by atoms with E-state index in [1.54, 1.807) is 0 Å². The predicted molar refractivity (Wildman–Crippen MR) is 78.3 cm³/mol. The second-order valence-electron chi connectivity index (χ2n) is 3.43. The number of ether oxygens (including phenoxy) is 1. The molecule has 0 heterocycles. The lowest BCUT2D eigenvalue weighted by atomic mass is 10.2. The Balaban J connectivity index is 2.28. The summed E-state index contributed by atoms with van der Waals surface area (Å²) in [6.07, 6.45) is 0. The summed E-state index contributed by atoms with van der Waals surface area (Å²) < 4.78 is 6.65. The summed E-state index contributed by atoms with van der Waals surface area (Å²) in [4.78, 5) is 0. The van der Waals surface area contributed by atoms with E-state index in [4.69, 9.17) is 16.3 Å². The summed E-state index contributed by atoms with van der Waals surface area (Å²) in [7, 11) is 0. The molecule has 0 unspecified atom stereocenters. The highest BCUT2D eigenvalue weighted by atomic mass is 79.9. The van der Waals surface area contributed by atoms with E-state index in [0.717, 1.165) is 21.1 Å². The van der Waals surface area contributed by atoms with Crippen molar-refractivity contribution in [3.05, 3.63) is 57.5 Å². The molecule has 0 atom stereocenters. The third-order valence-electron chi connectivity index (χ3n) is 2.21. The molecule has 0 aliphatic rings. The molecule has 0 amide bonds. The highest BCUT2D eigenvalue weighted by Gasteiger charge is 2.06. The van der Waals surface area contributed by atoms with E-state index < -0.39 is 0 Å². The summed E-state index contributed by atoms with van der Waals surface area (Å²) in [6, 6.07) is 13.4. The summed E-state index contributed by atoms with van der Waals surface area (Å²) in [5, 5.41) is 1.39. The summed E-state index contributed by atoms with van der Waals surface area (Å²) in [5.41, 5.74) is 1.12. The van der Waals surface area contributed by atoms with Gasteiger partial charge in [-0.3, -0.25) is 0 Å². The van der Waals surface area contributed by atoms with Crippen LogP contribution in [0.3, 0.4) is 0 Å². The van der Waals surface area contributed by atoms with Gasteiger partial charge in [-0.25, -0.2) is 0 Å². The zero-order chi connectivity index (χ0) is 12.3. The average Bonchev–Trinajstić information content (AvgIpc) is 2.34. The fraction of sp³-hybridized carbons (Fsp3) is 0.0769. The average molecular weight is 376 g/mol. The van der Waals surface area contributed by atoms with Crippen molar-refractivity contribution in [2.75, 3.05) is 0 Å². The van der Waals surface area contributed by atoms with Crippen molar-refractivity contribution >= 4 is 43.5 Å². The van der Waals surface area contributed by atoms with Crippen molar-refractivity contribution in [2.45, 2.75) is 5.33 Å². The maximum Gasteiger partial charge on any atom is 0.146 e. The van der Waals surface area contributed by atoms with Crippen LogP contribution in [0.2, 0.25) is 5.02 Å².